The minimum absolute atomic E-state index is 0.0267. The van der Waals surface area contributed by atoms with Crippen molar-refractivity contribution in [1.82, 2.24) is 14.5 Å². The fourth-order valence-electron chi connectivity index (χ4n) is 3.90. The van der Waals surface area contributed by atoms with Gasteiger partial charge in [0.1, 0.15) is 10.7 Å². The summed E-state index contributed by atoms with van der Waals surface area (Å²) in [6.45, 7) is 2.64. The van der Waals surface area contributed by atoms with E-state index < -0.39 is 0 Å². The lowest BCUT2D eigenvalue weighted by atomic mass is 10.1. The van der Waals surface area contributed by atoms with E-state index in [4.69, 9.17) is 0 Å². The van der Waals surface area contributed by atoms with Gasteiger partial charge in [-0.05, 0) is 31.7 Å². The highest BCUT2D eigenvalue weighted by Gasteiger charge is 2.28. The Morgan fingerprint density at radius 2 is 2.04 bits per heavy atom. The number of hydrogen-bond acceptors (Lipinski definition) is 4. The largest absolute Gasteiger partial charge is 0.338 e. The van der Waals surface area contributed by atoms with Gasteiger partial charge in [0.25, 0.3) is 11.5 Å². The molecule has 2 aromatic heterocycles. The summed E-state index contributed by atoms with van der Waals surface area (Å²) in [6.07, 6.45) is 6.40. The number of hydrogen-bond donors (Lipinski definition) is 0. The third kappa shape index (κ3) is 2.23. The van der Waals surface area contributed by atoms with E-state index in [9.17, 15) is 9.59 Å². The van der Waals surface area contributed by atoms with Crippen LogP contribution in [0.2, 0.25) is 0 Å². The standard InChI is InChI=1S/C17H21N3O2S/c1-10-13-15(18-12-8-5-9-20(12)16(13)21)23-14(10)17(22)19(2)11-6-3-4-7-11/h11H,3-9H2,1-2H3. The fourth-order valence-corrected chi connectivity index (χ4v) is 5.07. The van der Waals surface area contributed by atoms with Crippen molar-refractivity contribution in [2.75, 3.05) is 7.05 Å². The third-order valence-corrected chi connectivity index (χ3v) is 6.47. The number of rotatable bonds is 2. The van der Waals surface area contributed by atoms with Crippen molar-refractivity contribution < 1.29 is 4.79 Å². The zero-order valence-electron chi connectivity index (χ0n) is 13.6. The quantitative estimate of drug-likeness (QED) is 0.850. The van der Waals surface area contributed by atoms with Crippen molar-refractivity contribution in [3.05, 3.63) is 26.6 Å². The van der Waals surface area contributed by atoms with Crippen LogP contribution in [0.3, 0.4) is 0 Å². The molecule has 2 aliphatic rings. The van der Waals surface area contributed by atoms with Crippen LogP contribution in [0.4, 0.5) is 0 Å². The topological polar surface area (TPSA) is 55.2 Å². The number of fused-ring (bicyclic) bond motifs is 2. The predicted octanol–water partition coefficient (Wildman–Crippen LogP) is 2.73. The third-order valence-electron chi connectivity index (χ3n) is 5.30. The molecule has 5 nitrogen and oxygen atoms in total. The Morgan fingerprint density at radius 3 is 2.78 bits per heavy atom. The molecule has 0 bridgehead atoms. The molecule has 0 atom stereocenters. The zero-order valence-corrected chi connectivity index (χ0v) is 14.4. The van der Waals surface area contributed by atoms with Gasteiger partial charge in [0.15, 0.2) is 0 Å². The first kappa shape index (κ1) is 14.9. The number of aromatic nitrogens is 2. The van der Waals surface area contributed by atoms with Gasteiger partial charge in [-0.25, -0.2) is 4.98 Å². The normalized spacial score (nSPS) is 17.8. The first-order valence-electron chi connectivity index (χ1n) is 8.38. The number of nitrogens with zero attached hydrogens (tertiary/aromatic N) is 3. The first-order valence-corrected chi connectivity index (χ1v) is 9.19. The van der Waals surface area contributed by atoms with Crippen LogP contribution in [0.25, 0.3) is 10.2 Å². The van der Waals surface area contributed by atoms with Crippen molar-refractivity contribution in [2.24, 2.45) is 0 Å². The Bertz CT molecular complexity index is 846. The summed E-state index contributed by atoms with van der Waals surface area (Å²) >= 11 is 1.38. The second-order valence-electron chi connectivity index (χ2n) is 6.68. The van der Waals surface area contributed by atoms with E-state index in [1.807, 2.05) is 18.9 Å². The molecular formula is C17H21N3O2S. The Labute approximate surface area is 138 Å². The molecule has 23 heavy (non-hydrogen) atoms. The Kier molecular flexibility index (Phi) is 3.52. The van der Waals surface area contributed by atoms with E-state index in [0.29, 0.717) is 16.3 Å². The first-order chi connectivity index (χ1) is 11.1. The lowest BCUT2D eigenvalue weighted by Crippen LogP contribution is -2.35. The van der Waals surface area contributed by atoms with Crippen LogP contribution >= 0.6 is 11.3 Å². The monoisotopic (exact) mass is 331 g/mol. The molecule has 0 unspecified atom stereocenters. The van der Waals surface area contributed by atoms with Crippen LogP contribution in [-0.2, 0) is 13.0 Å². The molecule has 0 saturated heterocycles. The maximum absolute atomic E-state index is 12.9. The molecule has 1 aliphatic carbocycles. The highest BCUT2D eigenvalue weighted by Crippen LogP contribution is 2.31. The van der Waals surface area contributed by atoms with E-state index in [1.165, 1.54) is 24.2 Å². The van der Waals surface area contributed by atoms with Crippen molar-refractivity contribution in [2.45, 2.75) is 58.0 Å². The maximum Gasteiger partial charge on any atom is 0.264 e. The second kappa shape index (κ2) is 5.44. The lowest BCUT2D eigenvalue weighted by molar-refractivity contribution is 0.0739. The summed E-state index contributed by atoms with van der Waals surface area (Å²) in [5.74, 6) is 0.911. The number of carbonyl (C=O) groups excluding carboxylic acids is 1. The second-order valence-corrected chi connectivity index (χ2v) is 7.68. The molecule has 1 fully saturated rings. The lowest BCUT2D eigenvalue weighted by Gasteiger charge is -2.23. The molecule has 1 aliphatic heterocycles. The van der Waals surface area contributed by atoms with E-state index in [1.54, 1.807) is 4.57 Å². The minimum Gasteiger partial charge on any atom is -0.338 e. The molecule has 122 valence electrons. The van der Waals surface area contributed by atoms with Gasteiger partial charge in [0.2, 0.25) is 0 Å². The Balaban J connectivity index is 1.79. The van der Waals surface area contributed by atoms with Crippen LogP contribution in [0.15, 0.2) is 4.79 Å². The van der Waals surface area contributed by atoms with Crippen LogP contribution in [0.5, 0.6) is 0 Å². The van der Waals surface area contributed by atoms with Gasteiger partial charge in [-0.2, -0.15) is 0 Å². The van der Waals surface area contributed by atoms with Crippen LogP contribution < -0.4 is 5.56 Å². The summed E-state index contributed by atoms with van der Waals surface area (Å²) in [5.41, 5.74) is 0.832. The van der Waals surface area contributed by atoms with Gasteiger partial charge < -0.3 is 4.90 Å². The molecule has 0 radical (unpaired) electrons. The highest BCUT2D eigenvalue weighted by molar-refractivity contribution is 7.20. The molecule has 2 aromatic rings. The van der Waals surface area contributed by atoms with Crippen molar-refractivity contribution in [3.8, 4) is 0 Å². The molecule has 6 heteroatoms. The van der Waals surface area contributed by atoms with Crippen molar-refractivity contribution in [1.29, 1.82) is 0 Å². The van der Waals surface area contributed by atoms with E-state index >= 15 is 0 Å². The SMILES string of the molecule is Cc1c(C(=O)N(C)C2CCCC2)sc2nc3n(c(=O)c12)CCC3. The van der Waals surface area contributed by atoms with E-state index in [0.717, 1.165) is 48.4 Å². The van der Waals surface area contributed by atoms with E-state index in [-0.39, 0.29) is 11.5 Å². The summed E-state index contributed by atoms with van der Waals surface area (Å²) in [6, 6.07) is 0.339. The molecule has 1 saturated carbocycles. The van der Waals surface area contributed by atoms with Gasteiger partial charge in [-0.1, -0.05) is 12.8 Å². The summed E-state index contributed by atoms with van der Waals surface area (Å²) < 4.78 is 1.77. The highest BCUT2D eigenvalue weighted by atomic mass is 32.1. The molecular weight excluding hydrogens is 310 g/mol. The van der Waals surface area contributed by atoms with Gasteiger partial charge in [-0.3, -0.25) is 14.2 Å². The van der Waals surface area contributed by atoms with Crippen molar-refractivity contribution >= 4 is 27.5 Å². The van der Waals surface area contributed by atoms with Crippen LogP contribution in [-0.4, -0.2) is 33.4 Å². The number of carbonyl (C=O) groups is 1. The predicted molar refractivity (Wildman–Crippen MR) is 91.3 cm³/mol. The molecule has 3 heterocycles. The summed E-state index contributed by atoms with van der Waals surface area (Å²) in [4.78, 5) is 33.5. The molecule has 0 aromatic carbocycles. The fraction of sp³-hybridized carbons (Fsp3) is 0.588. The van der Waals surface area contributed by atoms with Crippen LogP contribution in [0.1, 0.15) is 53.2 Å². The number of thiophene rings is 1. The maximum atomic E-state index is 12.9. The summed E-state index contributed by atoms with van der Waals surface area (Å²) in [7, 11) is 1.89. The average Bonchev–Trinajstić information content (AvgIpc) is 3.25. The average molecular weight is 331 g/mol. The minimum atomic E-state index is 0.0267. The molecule has 0 N–H and O–H groups in total. The van der Waals surface area contributed by atoms with Crippen LogP contribution in [0, 0.1) is 6.92 Å². The smallest absolute Gasteiger partial charge is 0.264 e. The van der Waals surface area contributed by atoms with Gasteiger partial charge >= 0.3 is 0 Å². The van der Waals surface area contributed by atoms with Crippen molar-refractivity contribution in [3.63, 3.8) is 0 Å². The van der Waals surface area contributed by atoms with E-state index in [2.05, 4.69) is 4.98 Å². The molecule has 4 rings (SSSR count). The molecule has 1 amide bonds. The zero-order chi connectivity index (χ0) is 16.1. The Morgan fingerprint density at radius 1 is 1.30 bits per heavy atom. The van der Waals surface area contributed by atoms with Gasteiger partial charge in [-0.15, -0.1) is 11.3 Å². The van der Waals surface area contributed by atoms with Gasteiger partial charge in [0, 0.05) is 26.1 Å². The summed E-state index contributed by atoms with van der Waals surface area (Å²) in [5, 5.41) is 0.642. The number of amides is 1. The van der Waals surface area contributed by atoms with Gasteiger partial charge in [0.05, 0.1) is 10.3 Å². The molecule has 0 spiro atoms. The number of aryl methyl sites for hydroxylation is 2. The Hall–Kier alpha value is -1.69.